The number of anilines is 1. The van der Waals surface area contributed by atoms with Crippen molar-refractivity contribution in [2.75, 3.05) is 17.1 Å². The quantitative estimate of drug-likeness (QED) is 0.476. The molecule has 2 aromatic carbocycles. The third-order valence-electron chi connectivity index (χ3n) is 4.74. The fourth-order valence-electron chi connectivity index (χ4n) is 3.07. The van der Waals surface area contributed by atoms with Crippen molar-refractivity contribution in [3.63, 3.8) is 0 Å². The van der Waals surface area contributed by atoms with Gasteiger partial charge in [0, 0.05) is 17.1 Å². The van der Waals surface area contributed by atoms with Gasteiger partial charge >= 0.3 is 0 Å². The molecular weight excluding hydrogens is 553 g/mol. The van der Waals surface area contributed by atoms with E-state index in [1.807, 2.05) is 13.8 Å². The number of amides is 2. The number of para-hydroxylation sites is 1. The van der Waals surface area contributed by atoms with Crippen molar-refractivity contribution in [2.45, 2.75) is 39.4 Å². The minimum Gasteiger partial charge on any atom is -0.352 e. The van der Waals surface area contributed by atoms with Gasteiger partial charge in [0.1, 0.15) is 12.6 Å². The van der Waals surface area contributed by atoms with Gasteiger partial charge in [-0.1, -0.05) is 41.4 Å². The van der Waals surface area contributed by atoms with Crippen molar-refractivity contribution in [2.24, 2.45) is 0 Å². The van der Waals surface area contributed by atoms with E-state index < -0.39 is 28.5 Å². The SMILES string of the molecule is CC(C)NC(=O)C(C)N(Cc1ccc(Cl)c(Cl)c1)C(=O)CN(c1ccccc1Br)S(C)(=O)=O. The van der Waals surface area contributed by atoms with Gasteiger partial charge in [0.25, 0.3) is 0 Å². The Bertz CT molecular complexity index is 1130. The van der Waals surface area contributed by atoms with Crippen LogP contribution in [0.5, 0.6) is 0 Å². The van der Waals surface area contributed by atoms with Gasteiger partial charge in [0.15, 0.2) is 0 Å². The third-order valence-corrected chi connectivity index (χ3v) is 7.27. The first-order valence-electron chi connectivity index (χ1n) is 10.1. The summed E-state index contributed by atoms with van der Waals surface area (Å²) >= 11 is 15.5. The van der Waals surface area contributed by atoms with Gasteiger partial charge in [0.2, 0.25) is 21.8 Å². The molecule has 1 unspecified atom stereocenters. The Kier molecular flexibility index (Phi) is 9.60. The van der Waals surface area contributed by atoms with Crippen molar-refractivity contribution in [3.05, 3.63) is 62.5 Å². The maximum atomic E-state index is 13.4. The van der Waals surface area contributed by atoms with E-state index in [1.165, 1.54) is 4.90 Å². The molecule has 33 heavy (non-hydrogen) atoms. The van der Waals surface area contributed by atoms with Gasteiger partial charge in [0.05, 0.1) is 22.0 Å². The number of benzene rings is 2. The van der Waals surface area contributed by atoms with Crippen molar-refractivity contribution in [3.8, 4) is 0 Å². The highest BCUT2D eigenvalue weighted by atomic mass is 79.9. The molecule has 0 radical (unpaired) electrons. The van der Waals surface area contributed by atoms with Crippen molar-refractivity contribution in [1.82, 2.24) is 10.2 Å². The first-order chi connectivity index (χ1) is 15.3. The first-order valence-corrected chi connectivity index (χ1v) is 13.5. The molecule has 0 aliphatic rings. The smallest absolute Gasteiger partial charge is 0.244 e. The van der Waals surface area contributed by atoms with Crippen LogP contribution in [0.4, 0.5) is 5.69 Å². The second-order valence-corrected chi connectivity index (χ2v) is 11.4. The summed E-state index contributed by atoms with van der Waals surface area (Å²) in [6, 6.07) is 10.6. The molecule has 2 amide bonds. The van der Waals surface area contributed by atoms with Crippen LogP contribution in [0.2, 0.25) is 10.0 Å². The topological polar surface area (TPSA) is 86.8 Å². The molecule has 1 atom stereocenters. The molecule has 0 spiro atoms. The van der Waals surface area contributed by atoms with Crippen LogP contribution in [0.1, 0.15) is 26.3 Å². The normalized spacial score (nSPS) is 12.4. The van der Waals surface area contributed by atoms with Crippen molar-refractivity contribution >= 4 is 66.7 Å². The Morgan fingerprint density at radius 3 is 2.24 bits per heavy atom. The van der Waals surface area contributed by atoms with Crippen LogP contribution in [-0.4, -0.2) is 50.0 Å². The Morgan fingerprint density at radius 1 is 1.06 bits per heavy atom. The number of carbonyl (C=O) groups excluding carboxylic acids is 2. The number of carbonyl (C=O) groups is 2. The number of hydrogen-bond acceptors (Lipinski definition) is 4. The summed E-state index contributed by atoms with van der Waals surface area (Å²) in [4.78, 5) is 27.5. The predicted octanol–water partition coefficient (Wildman–Crippen LogP) is 4.46. The number of sulfonamides is 1. The van der Waals surface area contributed by atoms with E-state index in [0.29, 0.717) is 25.8 Å². The van der Waals surface area contributed by atoms with Crippen LogP contribution in [-0.2, 0) is 26.2 Å². The van der Waals surface area contributed by atoms with Crippen LogP contribution >= 0.6 is 39.1 Å². The van der Waals surface area contributed by atoms with Crippen molar-refractivity contribution < 1.29 is 18.0 Å². The highest BCUT2D eigenvalue weighted by Crippen LogP contribution is 2.28. The average molecular weight is 579 g/mol. The van der Waals surface area contributed by atoms with Crippen LogP contribution in [0.3, 0.4) is 0 Å². The van der Waals surface area contributed by atoms with Gasteiger partial charge in [-0.3, -0.25) is 13.9 Å². The molecule has 2 rings (SSSR count). The second-order valence-electron chi connectivity index (χ2n) is 7.83. The molecule has 0 bridgehead atoms. The lowest BCUT2D eigenvalue weighted by Crippen LogP contribution is -2.52. The predicted molar refractivity (Wildman–Crippen MR) is 136 cm³/mol. The summed E-state index contributed by atoms with van der Waals surface area (Å²) in [5.74, 6) is -0.904. The van der Waals surface area contributed by atoms with Crippen LogP contribution < -0.4 is 9.62 Å². The second kappa shape index (κ2) is 11.6. The molecule has 0 saturated carbocycles. The van der Waals surface area contributed by atoms with E-state index in [9.17, 15) is 18.0 Å². The lowest BCUT2D eigenvalue weighted by molar-refractivity contribution is -0.139. The summed E-state index contributed by atoms with van der Waals surface area (Å²) in [6.45, 7) is 4.77. The molecule has 0 aromatic heterocycles. The Hall–Kier alpha value is -1.81. The van der Waals surface area contributed by atoms with E-state index >= 15 is 0 Å². The maximum Gasteiger partial charge on any atom is 0.244 e. The van der Waals surface area contributed by atoms with Crippen molar-refractivity contribution in [1.29, 1.82) is 0 Å². The van der Waals surface area contributed by atoms with Gasteiger partial charge in [-0.15, -0.1) is 0 Å². The van der Waals surface area contributed by atoms with Gasteiger partial charge in [-0.25, -0.2) is 8.42 Å². The van der Waals surface area contributed by atoms with E-state index in [-0.39, 0.29) is 18.5 Å². The van der Waals surface area contributed by atoms with E-state index in [2.05, 4.69) is 21.2 Å². The zero-order valence-corrected chi connectivity index (χ0v) is 22.6. The molecule has 11 heteroatoms. The Labute approximate surface area is 213 Å². The number of halogens is 3. The summed E-state index contributed by atoms with van der Waals surface area (Å²) < 4.78 is 26.6. The van der Waals surface area contributed by atoms with Gasteiger partial charge in [-0.2, -0.15) is 0 Å². The number of hydrogen-bond donors (Lipinski definition) is 1. The number of rotatable bonds is 9. The fourth-order valence-corrected chi connectivity index (χ4v) is 4.87. The van der Waals surface area contributed by atoms with Gasteiger partial charge < -0.3 is 10.2 Å². The highest BCUT2D eigenvalue weighted by molar-refractivity contribution is 9.10. The molecule has 0 saturated heterocycles. The fraction of sp³-hybridized carbons (Fsp3) is 0.364. The monoisotopic (exact) mass is 577 g/mol. The molecule has 1 N–H and O–H groups in total. The molecule has 0 aliphatic heterocycles. The largest absolute Gasteiger partial charge is 0.352 e. The zero-order chi connectivity index (χ0) is 24.9. The molecule has 2 aromatic rings. The Balaban J connectivity index is 2.43. The summed E-state index contributed by atoms with van der Waals surface area (Å²) in [5, 5.41) is 3.46. The van der Waals surface area contributed by atoms with Gasteiger partial charge in [-0.05, 0) is 66.5 Å². The number of nitrogens with zero attached hydrogens (tertiary/aromatic N) is 2. The minimum atomic E-state index is -3.80. The highest BCUT2D eigenvalue weighted by Gasteiger charge is 2.31. The molecular formula is C22H26BrCl2N3O4S. The summed E-state index contributed by atoms with van der Waals surface area (Å²) in [5.41, 5.74) is 0.968. The van der Waals surface area contributed by atoms with Crippen LogP contribution in [0.15, 0.2) is 46.9 Å². The third kappa shape index (κ3) is 7.60. The molecule has 0 fully saturated rings. The maximum absolute atomic E-state index is 13.4. The van der Waals surface area contributed by atoms with Crippen LogP contribution in [0.25, 0.3) is 0 Å². The zero-order valence-electron chi connectivity index (χ0n) is 18.7. The molecule has 7 nitrogen and oxygen atoms in total. The van der Waals surface area contributed by atoms with E-state index in [0.717, 1.165) is 10.6 Å². The van der Waals surface area contributed by atoms with E-state index in [1.54, 1.807) is 49.4 Å². The standard InChI is InChI=1S/C22H26BrCl2N3O4S/c1-14(2)26-22(30)15(3)27(12-16-9-10-18(24)19(25)11-16)21(29)13-28(33(4,31)32)20-8-6-5-7-17(20)23/h5-11,14-15H,12-13H2,1-4H3,(H,26,30). The van der Waals surface area contributed by atoms with E-state index in [4.69, 9.17) is 23.2 Å². The summed E-state index contributed by atoms with van der Waals surface area (Å²) in [7, 11) is -3.80. The average Bonchev–Trinajstić information content (AvgIpc) is 2.71. The summed E-state index contributed by atoms with van der Waals surface area (Å²) in [6.07, 6.45) is 1.03. The Morgan fingerprint density at radius 2 is 1.70 bits per heavy atom. The first kappa shape index (κ1) is 27.4. The number of nitrogens with one attached hydrogen (secondary N) is 1. The molecule has 180 valence electrons. The lowest BCUT2D eigenvalue weighted by atomic mass is 10.1. The minimum absolute atomic E-state index is 0.0377. The molecule has 0 aliphatic carbocycles. The van der Waals surface area contributed by atoms with Crippen LogP contribution in [0, 0.1) is 0 Å². The lowest BCUT2D eigenvalue weighted by Gasteiger charge is -2.32. The molecule has 0 heterocycles.